The summed E-state index contributed by atoms with van der Waals surface area (Å²) in [4.78, 5) is 28.5. The molecule has 0 radical (unpaired) electrons. The number of nitriles is 1. The number of nitrogens with one attached hydrogen (secondary N) is 1. The number of carbonyl (C=O) groups excluding carboxylic acids is 1. The molecule has 2 aromatic carbocycles. The molecule has 10 heteroatoms. The number of hydrogen-bond acceptors (Lipinski definition) is 6. The Labute approximate surface area is 217 Å². The molecule has 0 aliphatic heterocycles. The van der Waals surface area contributed by atoms with Crippen LogP contribution in [-0.2, 0) is 14.9 Å². The summed E-state index contributed by atoms with van der Waals surface area (Å²) < 4.78 is 21.6. The summed E-state index contributed by atoms with van der Waals surface area (Å²) >= 11 is 0. The molecule has 0 bridgehead atoms. The van der Waals surface area contributed by atoms with Crippen molar-refractivity contribution >= 4 is 17.9 Å². The zero-order valence-corrected chi connectivity index (χ0v) is 20.3. The highest BCUT2D eigenvalue weighted by atomic mass is 19.1. The summed E-state index contributed by atoms with van der Waals surface area (Å²) in [6.07, 6.45) is 2.34. The molecule has 1 aliphatic rings. The summed E-state index contributed by atoms with van der Waals surface area (Å²) in [7, 11) is 0. The van der Waals surface area contributed by atoms with Crippen molar-refractivity contribution in [2.24, 2.45) is 0 Å². The number of carboxylic acid groups (broad SMARTS) is 1. The average Bonchev–Trinajstić information content (AvgIpc) is 3.64. The van der Waals surface area contributed by atoms with Crippen molar-refractivity contribution in [3.63, 3.8) is 0 Å². The maximum atomic E-state index is 14.8. The van der Waals surface area contributed by atoms with Gasteiger partial charge in [0.1, 0.15) is 23.6 Å². The largest absolute Gasteiger partial charge is 0.481 e. The summed E-state index contributed by atoms with van der Waals surface area (Å²) in [5.41, 5.74) is 1.37. The van der Waals surface area contributed by atoms with Gasteiger partial charge in [-0.25, -0.2) is 13.9 Å². The Balaban J connectivity index is 1.35. The molecular formula is C28H22FN5O4. The molecule has 1 saturated carbocycles. The average molecular weight is 512 g/mol. The molecular weight excluding hydrogens is 489 g/mol. The lowest BCUT2D eigenvalue weighted by Crippen LogP contribution is -2.20. The Hall–Kier alpha value is -5.04. The Morgan fingerprint density at radius 3 is 2.53 bits per heavy atom. The minimum absolute atomic E-state index is 0.117. The quantitative estimate of drug-likeness (QED) is 0.341. The number of aromatic nitrogens is 3. The van der Waals surface area contributed by atoms with E-state index in [9.17, 15) is 24.3 Å². The second-order valence-electron chi connectivity index (χ2n) is 9.00. The van der Waals surface area contributed by atoms with Crippen LogP contribution in [0.3, 0.4) is 0 Å². The topological polar surface area (TPSA) is 130 Å². The van der Waals surface area contributed by atoms with Crippen molar-refractivity contribution < 1.29 is 23.8 Å². The van der Waals surface area contributed by atoms with Crippen molar-refractivity contribution in [3.05, 3.63) is 95.6 Å². The van der Waals surface area contributed by atoms with Crippen molar-refractivity contribution in [2.45, 2.75) is 31.3 Å². The van der Waals surface area contributed by atoms with E-state index in [1.807, 2.05) is 36.4 Å². The molecule has 2 N–H and O–H groups in total. The molecule has 2 aromatic heterocycles. The number of hydrogen-bond donors (Lipinski definition) is 2. The number of nitrogens with zero attached hydrogens (tertiary/aromatic N) is 4. The predicted octanol–water partition coefficient (Wildman–Crippen LogP) is 5.37. The number of amides is 1. The second kappa shape index (κ2) is 9.78. The molecule has 1 aliphatic carbocycles. The molecule has 1 amide bonds. The second-order valence-corrected chi connectivity index (χ2v) is 9.00. The van der Waals surface area contributed by atoms with E-state index in [1.54, 1.807) is 25.1 Å². The Morgan fingerprint density at radius 1 is 1.16 bits per heavy atom. The smallest absolute Gasteiger partial charge is 0.413 e. The van der Waals surface area contributed by atoms with Gasteiger partial charge in [-0.1, -0.05) is 42.5 Å². The monoisotopic (exact) mass is 511 g/mol. The maximum absolute atomic E-state index is 14.8. The number of carboxylic acids is 1. The minimum Gasteiger partial charge on any atom is -0.481 e. The zero-order chi connectivity index (χ0) is 26.9. The maximum Gasteiger partial charge on any atom is 0.413 e. The molecule has 1 atom stereocenters. The molecule has 1 unspecified atom stereocenters. The highest BCUT2D eigenvalue weighted by molar-refractivity contribution is 5.86. The molecule has 0 saturated heterocycles. The summed E-state index contributed by atoms with van der Waals surface area (Å²) in [5, 5.41) is 25.7. The number of pyridine rings is 1. The SMILES string of the molecule is CC(OC(=O)Nc1c(C#N)cnn1-c1ccc(-c2ccc(C3(C(=O)O)CC3)c(F)c2)nc1)c1ccccc1. The Bertz CT molecular complexity index is 1560. The number of anilines is 1. The van der Waals surface area contributed by atoms with Gasteiger partial charge < -0.3 is 9.84 Å². The van der Waals surface area contributed by atoms with Gasteiger partial charge in [0.05, 0.1) is 29.2 Å². The molecule has 5 rings (SSSR count). The van der Waals surface area contributed by atoms with E-state index in [4.69, 9.17) is 4.74 Å². The molecule has 190 valence electrons. The van der Waals surface area contributed by atoms with Crippen molar-refractivity contribution in [3.8, 4) is 23.0 Å². The van der Waals surface area contributed by atoms with Gasteiger partial charge in [0.2, 0.25) is 0 Å². The number of halogens is 1. The van der Waals surface area contributed by atoms with Crippen LogP contribution in [0.5, 0.6) is 0 Å². The van der Waals surface area contributed by atoms with Crippen LogP contribution in [0.1, 0.15) is 42.6 Å². The first kappa shape index (κ1) is 24.6. The third-order valence-corrected chi connectivity index (χ3v) is 6.60. The highest BCUT2D eigenvalue weighted by Gasteiger charge is 2.53. The molecule has 9 nitrogen and oxygen atoms in total. The Morgan fingerprint density at radius 2 is 1.92 bits per heavy atom. The first-order valence-electron chi connectivity index (χ1n) is 11.8. The van der Waals surface area contributed by atoms with Crippen molar-refractivity contribution in [1.29, 1.82) is 5.26 Å². The number of benzene rings is 2. The molecule has 0 spiro atoms. The first-order chi connectivity index (χ1) is 18.3. The van der Waals surface area contributed by atoms with Crippen LogP contribution in [0.25, 0.3) is 16.9 Å². The van der Waals surface area contributed by atoms with Crippen LogP contribution in [0.4, 0.5) is 15.0 Å². The predicted molar refractivity (Wildman–Crippen MR) is 135 cm³/mol. The third kappa shape index (κ3) is 4.57. The van der Waals surface area contributed by atoms with Gasteiger partial charge in [-0.15, -0.1) is 0 Å². The van der Waals surface area contributed by atoms with Crippen LogP contribution in [-0.4, -0.2) is 31.9 Å². The van der Waals surface area contributed by atoms with Crippen LogP contribution < -0.4 is 5.32 Å². The lowest BCUT2D eigenvalue weighted by atomic mass is 9.94. The summed E-state index contributed by atoms with van der Waals surface area (Å²) in [6.45, 7) is 1.74. The lowest BCUT2D eigenvalue weighted by molar-refractivity contribution is -0.140. The first-order valence-corrected chi connectivity index (χ1v) is 11.8. The van der Waals surface area contributed by atoms with Crippen LogP contribution in [0.15, 0.2) is 73.1 Å². The summed E-state index contributed by atoms with van der Waals surface area (Å²) in [5.74, 6) is -1.50. The van der Waals surface area contributed by atoms with Gasteiger partial charge in [-0.05, 0) is 43.5 Å². The van der Waals surface area contributed by atoms with Gasteiger partial charge >= 0.3 is 12.1 Å². The standard InChI is InChI=1S/C28H22FN5O4/c1-17(18-5-3-2-4-6-18)38-27(37)33-25-20(14-30)15-32-34(25)21-8-10-24(31-16-21)19-7-9-22(23(29)13-19)28(11-12-28)26(35)36/h2-10,13,15-17H,11-12H2,1H3,(H,33,37)(H,35,36). The van der Waals surface area contributed by atoms with Gasteiger partial charge in [0.15, 0.2) is 5.82 Å². The van der Waals surface area contributed by atoms with Gasteiger partial charge in [-0.3, -0.25) is 15.1 Å². The van der Waals surface area contributed by atoms with Gasteiger partial charge in [0, 0.05) is 11.1 Å². The van der Waals surface area contributed by atoms with Crippen LogP contribution >= 0.6 is 0 Å². The van der Waals surface area contributed by atoms with E-state index >= 15 is 0 Å². The van der Waals surface area contributed by atoms with Crippen LogP contribution in [0, 0.1) is 17.1 Å². The number of aliphatic carboxylic acids is 1. The fourth-order valence-electron chi connectivity index (χ4n) is 4.29. The molecule has 1 fully saturated rings. The summed E-state index contributed by atoms with van der Waals surface area (Å²) in [6, 6.07) is 18.9. The Kier molecular flexibility index (Phi) is 6.34. The van der Waals surface area contributed by atoms with E-state index in [2.05, 4.69) is 15.4 Å². The van der Waals surface area contributed by atoms with Crippen LogP contribution in [0.2, 0.25) is 0 Å². The van der Waals surface area contributed by atoms with Gasteiger partial charge in [0.25, 0.3) is 0 Å². The molecule has 4 aromatic rings. The van der Waals surface area contributed by atoms with E-state index in [1.165, 1.54) is 29.2 Å². The van der Waals surface area contributed by atoms with E-state index in [-0.39, 0.29) is 16.9 Å². The van der Waals surface area contributed by atoms with E-state index in [0.29, 0.717) is 29.8 Å². The van der Waals surface area contributed by atoms with Gasteiger partial charge in [-0.2, -0.15) is 10.4 Å². The van der Waals surface area contributed by atoms with E-state index in [0.717, 1.165) is 5.56 Å². The molecule has 38 heavy (non-hydrogen) atoms. The fourth-order valence-corrected chi connectivity index (χ4v) is 4.29. The normalized spacial score (nSPS) is 14.2. The fraction of sp³-hybridized carbons (Fsp3) is 0.179. The third-order valence-electron chi connectivity index (χ3n) is 6.60. The zero-order valence-electron chi connectivity index (χ0n) is 20.3. The number of rotatable bonds is 7. The molecule has 2 heterocycles. The number of carbonyl (C=O) groups is 2. The minimum atomic E-state index is -1.14. The number of ether oxygens (including phenoxy) is 1. The highest BCUT2D eigenvalue weighted by Crippen LogP contribution is 2.49. The van der Waals surface area contributed by atoms with Crippen molar-refractivity contribution in [2.75, 3.05) is 5.32 Å². The van der Waals surface area contributed by atoms with E-state index < -0.39 is 29.4 Å². The van der Waals surface area contributed by atoms with Crippen molar-refractivity contribution in [1.82, 2.24) is 14.8 Å². The lowest BCUT2D eigenvalue weighted by Gasteiger charge is -2.15.